The van der Waals surface area contributed by atoms with Gasteiger partial charge in [0.05, 0.1) is 11.4 Å². The van der Waals surface area contributed by atoms with Crippen LogP contribution in [0.2, 0.25) is 0 Å². The first kappa shape index (κ1) is 19.4. The van der Waals surface area contributed by atoms with Crippen LogP contribution in [0.3, 0.4) is 0 Å². The Morgan fingerprint density at radius 1 is 1.22 bits per heavy atom. The fourth-order valence-corrected chi connectivity index (χ4v) is 3.69. The molecule has 0 aromatic heterocycles. The van der Waals surface area contributed by atoms with Crippen molar-refractivity contribution in [3.63, 3.8) is 0 Å². The SMILES string of the molecule is C=CCOc1ccc(Br)cc1/C=C1/SC(=O)N(Cc2ccccc2F)C1=O. The number of carbonyl (C=O) groups excluding carboxylic acids is 2. The van der Waals surface area contributed by atoms with Crippen molar-refractivity contribution >= 4 is 44.9 Å². The molecule has 1 saturated heterocycles. The zero-order valence-corrected chi connectivity index (χ0v) is 16.6. The highest BCUT2D eigenvalue weighted by Crippen LogP contribution is 2.35. The van der Waals surface area contributed by atoms with Crippen molar-refractivity contribution in [2.24, 2.45) is 0 Å². The standard InChI is InChI=1S/C20H15BrFNO3S/c1-2-9-26-17-8-7-15(21)10-14(17)11-18-19(24)23(20(25)27-18)12-13-5-3-4-6-16(13)22/h2-8,10-11H,1,9,12H2/b18-11+. The van der Waals surface area contributed by atoms with E-state index in [1.165, 1.54) is 6.07 Å². The predicted molar refractivity (Wildman–Crippen MR) is 108 cm³/mol. The minimum Gasteiger partial charge on any atom is -0.489 e. The first-order chi connectivity index (χ1) is 13.0. The average Bonchev–Trinajstić information content (AvgIpc) is 2.90. The number of rotatable bonds is 6. The van der Waals surface area contributed by atoms with Crippen LogP contribution in [0.5, 0.6) is 5.75 Å². The lowest BCUT2D eigenvalue weighted by Crippen LogP contribution is -2.27. The van der Waals surface area contributed by atoms with E-state index in [9.17, 15) is 14.0 Å². The van der Waals surface area contributed by atoms with Crippen molar-refractivity contribution in [2.45, 2.75) is 6.54 Å². The van der Waals surface area contributed by atoms with Crippen molar-refractivity contribution in [2.75, 3.05) is 6.61 Å². The van der Waals surface area contributed by atoms with Gasteiger partial charge in [0.15, 0.2) is 0 Å². The van der Waals surface area contributed by atoms with Gasteiger partial charge in [-0.3, -0.25) is 14.5 Å². The van der Waals surface area contributed by atoms with E-state index in [0.717, 1.165) is 21.1 Å². The van der Waals surface area contributed by atoms with E-state index in [-0.39, 0.29) is 11.4 Å². The first-order valence-electron chi connectivity index (χ1n) is 8.01. The van der Waals surface area contributed by atoms with Crippen LogP contribution in [0.25, 0.3) is 6.08 Å². The summed E-state index contributed by atoms with van der Waals surface area (Å²) in [5.41, 5.74) is 0.945. The van der Waals surface area contributed by atoms with Crippen LogP contribution in [0.15, 0.2) is 64.5 Å². The van der Waals surface area contributed by atoms with E-state index in [1.807, 2.05) is 6.07 Å². The molecule has 0 saturated carbocycles. The number of amides is 2. The summed E-state index contributed by atoms with van der Waals surface area (Å²) in [6.45, 7) is 3.83. The molecule has 0 N–H and O–H groups in total. The van der Waals surface area contributed by atoms with Gasteiger partial charge in [-0.05, 0) is 42.1 Å². The summed E-state index contributed by atoms with van der Waals surface area (Å²) in [6, 6.07) is 11.5. The van der Waals surface area contributed by atoms with E-state index < -0.39 is 17.0 Å². The van der Waals surface area contributed by atoms with E-state index >= 15 is 0 Å². The molecule has 2 aromatic carbocycles. The third kappa shape index (κ3) is 4.48. The molecule has 0 atom stereocenters. The molecule has 2 amide bonds. The molecule has 0 radical (unpaired) electrons. The highest BCUT2D eigenvalue weighted by atomic mass is 79.9. The highest BCUT2D eigenvalue weighted by molar-refractivity contribution is 9.10. The predicted octanol–water partition coefficient (Wildman–Crippen LogP) is 5.39. The molecule has 1 aliphatic heterocycles. The van der Waals surface area contributed by atoms with Crippen molar-refractivity contribution in [3.05, 3.63) is 81.4 Å². The quantitative estimate of drug-likeness (QED) is 0.439. The minimum absolute atomic E-state index is 0.104. The smallest absolute Gasteiger partial charge is 0.293 e. The number of hydrogen-bond acceptors (Lipinski definition) is 4. The second-order valence-electron chi connectivity index (χ2n) is 5.64. The Morgan fingerprint density at radius 2 is 2.00 bits per heavy atom. The van der Waals surface area contributed by atoms with Crippen molar-refractivity contribution in [3.8, 4) is 5.75 Å². The second-order valence-corrected chi connectivity index (χ2v) is 7.55. The molecule has 3 rings (SSSR count). The van der Waals surface area contributed by atoms with Crippen LogP contribution in [-0.2, 0) is 11.3 Å². The molecule has 7 heteroatoms. The summed E-state index contributed by atoms with van der Waals surface area (Å²) < 4.78 is 20.3. The van der Waals surface area contributed by atoms with Crippen molar-refractivity contribution in [1.82, 2.24) is 4.90 Å². The third-order valence-electron chi connectivity index (χ3n) is 3.78. The molecule has 138 valence electrons. The molecular weight excluding hydrogens is 433 g/mol. The zero-order valence-electron chi connectivity index (χ0n) is 14.2. The molecule has 0 bridgehead atoms. The monoisotopic (exact) mass is 447 g/mol. The van der Waals surface area contributed by atoms with E-state index in [4.69, 9.17) is 4.74 Å². The Hall–Kier alpha value is -2.38. The van der Waals surface area contributed by atoms with E-state index in [0.29, 0.717) is 23.5 Å². The van der Waals surface area contributed by atoms with Crippen LogP contribution < -0.4 is 4.74 Å². The maximum atomic E-state index is 13.9. The molecular formula is C20H15BrFNO3S. The third-order valence-corrected chi connectivity index (χ3v) is 5.18. The van der Waals surface area contributed by atoms with Gasteiger partial charge >= 0.3 is 0 Å². The Morgan fingerprint density at radius 3 is 2.74 bits per heavy atom. The van der Waals surface area contributed by atoms with E-state index in [1.54, 1.807) is 42.5 Å². The normalized spacial score (nSPS) is 15.5. The largest absolute Gasteiger partial charge is 0.489 e. The van der Waals surface area contributed by atoms with Crippen LogP contribution in [0, 0.1) is 5.82 Å². The van der Waals surface area contributed by atoms with Crippen LogP contribution in [0.4, 0.5) is 9.18 Å². The number of carbonyl (C=O) groups is 2. The topological polar surface area (TPSA) is 46.6 Å². The molecule has 4 nitrogen and oxygen atoms in total. The molecule has 27 heavy (non-hydrogen) atoms. The van der Waals surface area contributed by atoms with Gasteiger partial charge in [0.2, 0.25) is 0 Å². The van der Waals surface area contributed by atoms with Gasteiger partial charge in [0, 0.05) is 15.6 Å². The molecule has 1 heterocycles. The van der Waals surface area contributed by atoms with Gasteiger partial charge in [-0.25, -0.2) is 4.39 Å². The van der Waals surface area contributed by atoms with Gasteiger partial charge in [-0.2, -0.15) is 0 Å². The van der Waals surface area contributed by atoms with Crippen molar-refractivity contribution in [1.29, 1.82) is 0 Å². The number of hydrogen-bond donors (Lipinski definition) is 0. The summed E-state index contributed by atoms with van der Waals surface area (Å²) in [5, 5.41) is -0.432. The molecule has 0 spiro atoms. The lowest BCUT2D eigenvalue weighted by molar-refractivity contribution is -0.123. The Labute approximate surface area is 168 Å². The zero-order chi connectivity index (χ0) is 19.4. The van der Waals surface area contributed by atoms with Gasteiger partial charge in [-0.1, -0.05) is 46.8 Å². The number of benzene rings is 2. The molecule has 0 unspecified atom stereocenters. The summed E-state index contributed by atoms with van der Waals surface area (Å²) in [4.78, 5) is 26.2. The Balaban J connectivity index is 1.87. The first-order valence-corrected chi connectivity index (χ1v) is 9.62. The molecule has 1 fully saturated rings. The fraction of sp³-hybridized carbons (Fsp3) is 0.100. The number of imide groups is 1. The van der Waals surface area contributed by atoms with Gasteiger partial charge < -0.3 is 4.74 Å². The summed E-state index contributed by atoms with van der Waals surface area (Å²) in [7, 11) is 0. The summed E-state index contributed by atoms with van der Waals surface area (Å²) >= 11 is 4.21. The Kier molecular flexibility index (Phi) is 6.13. The van der Waals surface area contributed by atoms with E-state index in [2.05, 4.69) is 22.5 Å². The van der Waals surface area contributed by atoms with Crippen LogP contribution in [0.1, 0.15) is 11.1 Å². The minimum atomic E-state index is -0.456. The second kappa shape index (κ2) is 8.54. The Bertz CT molecular complexity index is 945. The van der Waals surface area contributed by atoms with Gasteiger partial charge in [-0.15, -0.1) is 0 Å². The maximum Gasteiger partial charge on any atom is 0.293 e. The van der Waals surface area contributed by atoms with Gasteiger partial charge in [0.1, 0.15) is 18.2 Å². The maximum absolute atomic E-state index is 13.9. The summed E-state index contributed by atoms with van der Waals surface area (Å²) in [6.07, 6.45) is 3.23. The molecule has 0 aliphatic carbocycles. The van der Waals surface area contributed by atoms with Crippen LogP contribution in [-0.4, -0.2) is 22.7 Å². The number of ether oxygens (including phenoxy) is 1. The number of halogens is 2. The lowest BCUT2D eigenvalue weighted by Gasteiger charge is -2.13. The average molecular weight is 448 g/mol. The lowest BCUT2D eigenvalue weighted by atomic mass is 10.1. The highest BCUT2D eigenvalue weighted by Gasteiger charge is 2.35. The fourth-order valence-electron chi connectivity index (χ4n) is 2.49. The van der Waals surface area contributed by atoms with Crippen molar-refractivity contribution < 1.29 is 18.7 Å². The summed E-state index contributed by atoms with van der Waals surface area (Å²) in [5.74, 6) is -0.338. The molecule has 2 aromatic rings. The number of thioether (sulfide) groups is 1. The molecule has 1 aliphatic rings. The van der Waals surface area contributed by atoms with Gasteiger partial charge in [0.25, 0.3) is 11.1 Å². The van der Waals surface area contributed by atoms with Crippen LogP contribution >= 0.6 is 27.7 Å². The number of nitrogens with zero attached hydrogens (tertiary/aromatic N) is 1.